The Balaban J connectivity index is 0.000000440. The van der Waals surface area contributed by atoms with E-state index in [0.717, 1.165) is 4.47 Å². The minimum atomic E-state index is -0.725. The summed E-state index contributed by atoms with van der Waals surface area (Å²) in [6, 6.07) is 20.6. The van der Waals surface area contributed by atoms with Gasteiger partial charge >= 0.3 is 6.09 Å². The van der Waals surface area contributed by atoms with Crippen LogP contribution in [0.5, 0.6) is 0 Å². The fraction of sp³-hybridized carbons (Fsp3) is 0.192. The molecule has 0 fully saturated rings. The molecule has 0 spiro atoms. The molecule has 0 unspecified atom stereocenters. The molecular formula is C26H26BrFN2O4. The van der Waals surface area contributed by atoms with Crippen molar-refractivity contribution in [1.29, 1.82) is 0 Å². The molecule has 0 saturated carbocycles. The van der Waals surface area contributed by atoms with Crippen molar-refractivity contribution in [3.8, 4) is 11.1 Å². The van der Waals surface area contributed by atoms with Gasteiger partial charge in [0.25, 0.3) is 0 Å². The largest absolute Gasteiger partial charge is 0.444 e. The van der Waals surface area contributed by atoms with E-state index in [0.29, 0.717) is 16.7 Å². The molecule has 0 aliphatic carbocycles. The Hall–Kier alpha value is -3.52. The van der Waals surface area contributed by atoms with Gasteiger partial charge < -0.3 is 15.8 Å². The second-order valence-corrected chi connectivity index (χ2v) is 9.14. The Labute approximate surface area is 206 Å². The molecule has 34 heavy (non-hydrogen) atoms. The summed E-state index contributed by atoms with van der Waals surface area (Å²) in [5.41, 5.74) is 5.85. The normalized spacial score (nSPS) is 10.5. The van der Waals surface area contributed by atoms with E-state index >= 15 is 0 Å². The number of carbonyl (C=O) groups excluding carboxylic acids is 3. The molecule has 0 saturated heterocycles. The Morgan fingerprint density at radius 3 is 2.18 bits per heavy atom. The highest BCUT2D eigenvalue weighted by molar-refractivity contribution is 9.10. The number of ketones is 1. The van der Waals surface area contributed by atoms with E-state index in [4.69, 9.17) is 5.73 Å². The van der Waals surface area contributed by atoms with Crippen molar-refractivity contribution in [2.45, 2.75) is 32.8 Å². The topological polar surface area (TPSA) is 98.5 Å². The van der Waals surface area contributed by atoms with Crippen LogP contribution in [0.25, 0.3) is 11.1 Å². The molecule has 0 aliphatic heterocycles. The van der Waals surface area contributed by atoms with Crippen molar-refractivity contribution in [3.63, 3.8) is 0 Å². The molecule has 0 bridgehead atoms. The van der Waals surface area contributed by atoms with Crippen molar-refractivity contribution in [2.75, 3.05) is 5.32 Å². The number of rotatable bonds is 5. The summed E-state index contributed by atoms with van der Waals surface area (Å²) in [7, 11) is 0. The van der Waals surface area contributed by atoms with Crippen LogP contribution in [0.2, 0.25) is 0 Å². The van der Waals surface area contributed by atoms with Gasteiger partial charge in [0.05, 0.1) is 12.1 Å². The van der Waals surface area contributed by atoms with E-state index in [-0.39, 0.29) is 17.9 Å². The lowest BCUT2D eigenvalue weighted by Crippen LogP contribution is -2.27. The summed E-state index contributed by atoms with van der Waals surface area (Å²) in [4.78, 5) is 34.4. The van der Waals surface area contributed by atoms with Crippen LogP contribution in [-0.2, 0) is 9.53 Å². The zero-order chi connectivity index (χ0) is 25.3. The van der Waals surface area contributed by atoms with Gasteiger partial charge in [0.1, 0.15) is 5.60 Å². The highest BCUT2D eigenvalue weighted by Crippen LogP contribution is 2.27. The first-order valence-corrected chi connectivity index (χ1v) is 11.2. The Morgan fingerprint density at radius 2 is 1.62 bits per heavy atom. The van der Waals surface area contributed by atoms with Crippen molar-refractivity contribution in [2.24, 2.45) is 5.73 Å². The summed E-state index contributed by atoms with van der Waals surface area (Å²) in [6.07, 6.45) is -1.08. The molecule has 0 aliphatic rings. The molecule has 0 atom stereocenters. The van der Waals surface area contributed by atoms with Crippen molar-refractivity contribution < 1.29 is 23.5 Å². The minimum Gasteiger partial charge on any atom is -0.444 e. The summed E-state index contributed by atoms with van der Waals surface area (Å²) in [6.45, 7) is 5.28. The number of ether oxygens (including phenoxy) is 1. The number of nitrogens with one attached hydrogen (secondary N) is 1. The Kier molecular flexibility index (Phi) is 9.50. The van der Waals surface area contributed by atoms with Crippen LogP contribution in [0.1, 0.15) is 37.6 Å². The van der Waals surface area contributed by atoms with Crippen LogP contribution < -0.4 is 11.1 Å². The number of carbonyl (C=O) groups is 3. The van der Waals surface area contributed by atoms with E-state index in [9.17, 15) is 18.8 Å². The maximum absolute atomic E-state index is 14.7. The fourth-order valence-electron chi connectivity index (χ4n) is 2.88. The predicted molar refractivity (Wildman–Crippen MR) is 134 cm³/mol. The molecule has 3 aromatic carbocycles. The molecule has 3 N–H and O–H groups in total. The number of anilines is 1. The smallest absolute Gasteiger partial charge is 0.405 e. The van der Waals surface area contributed by atoms with E-state index < -0.39 is 23.4 Å². The molecule has 8 heteroatoms. The molecule has 2 amide bonds. The molecule has 3 aromatic rings. The van der Waals surface area contributed by atoms with Crippen LogP contribution in [0.3, 0.4) is 0 Å². The lowest BCUT2D eigenvalue weighted by Gasteiger charge is -2.16. The van der Waals surface area contributed by atoms with Gasteiger partial charge in [0.2, 0.25) is 5.91 Å². The van der Waals surface area contributed by atoms with E-state index in [1.165, 1.54) is 6.07 Å². The lowest BCUT2D eigenvalue weighted by molar-refractivity contribution is -0.115. The first-order valence-electron chi connectivity index (χ1n) is 10.4. The average molecular weight is 529 g/mol. The van der Waals surface area contributed by atoms with Crippen LogP contribution in [0.4, 0.5) is 14.9 Å². The molecule has 6 nitrogen and oxygen atoms in total. The van der Waals surface area contributed by atoms with Crippen LogP contribution in [0, 0.1) is 5.82 Å². The maximum atomic E-state index is 14.7. The van der Waals surface area contributed by atoms with Gasteiger partial charge in [-0.15, -0.1) is 0 Å². The zero-order valence-electron chi connectivity index (χ0n) is 19.1. The predicted octanol–water partition coefficient (Wildman–Crippen LogP) is 6.35. The number of nitrogens with two attached hydrogens (primary N) is 1. The van der Waals surface area contributed by atoms with Crippen LogP contribution in [0.15, 0.2) is 77.3 Å². The van der Waals surface area contributed by atoms with Crippen molar-refractivity contribution in [1.82, 2.24) is 0 Å². The first-order chi connectivity index (χ1) is 16.0. The third-order valence-corrected chi connectivity index (χ3v) is 4.73. The highest BCUT2D eigenvalue weighted by atomic mass is 79.9. The molecular weight excluding hydrogens is 503 g/mol. The zero-order valence-corrected chi connectivity index (χ0v) is 20.7. The monoisotopic (exact) mass is 528 g/mol. The second-order valence-electron chi connectivity index (χ2n) is 8.23. The van der Waals surface area contributed by atoms with Gasteiger partial charge in [0.15, 0.2) is 11.6 Å². The van der Waals surface area contributed by atoms with Gasteiger partial charge in [0, 0.05) is 15.6 Å². The van der Waals surface area contributed by atoms with Gasteiger partial charge in [-0.3, -0.25) is 9.59 Å². The van der Waals surface area contributed by atoms with Crippen molar-refractivity contribution >= 4 is 39.4 Å². The third-order valence-electron chi connectivity index (χ3n) is 4.23. The van der Waals surface area contributed by atoms with Gasteiger partial charge in [-0.05, 0) is 44.5 Å². The van der Waals surface area contributed by atoms with E-state index in [1.54, 1.807) is 69.3 Å². The first kappa shape index (κ1) is 26.7. The number of hydrogen-bond donors (Lipinski definition) is 2. The molecule has 0 aromatic heterocycles. The van der Waals surface area contributed by atoms with E-state index in [2.05, 4.69) is 26.0 Å². The number of amides is 2. The SMILES string of the molecule is CC(C)(C)OC(N)=O.O=C(CC(=O)c1cccc(Br)c1)Nc1cccc(-c2ccccc2)c1F. The Morgan fingerprint density at radius 1 is 0.971 bits per heavy atom. The van der Waals surface area contributed by atoms with Gasteiger partial charge in [-0.2, -0.15) is 0 Å². The number of primary amides is 1. The second kappa shape index (κ2) is 12.1. The molecule has 0 heterocycles. The average Bonchev–Trinajstić information content (AvgIpc) is 2.74. The maximum Gasteiger partial charge on any atom is 0.405 e. The minimum absolute atomic E-state index is 0.0541. The molecule has 3 rings (SSSR count). The number of halogens is 2. The van der Waals surface area contributed by atoms with E-state index in [1.807, 2.05) is 18.2 Å². The van der Waals surface area contributed by atoms with Crippen LogP contribution >= 0.6 is 15.9 Å². The fourth-order valence-corrected chi connectivity index (χ4v) is 3.27. The summed E-state index contributed by atoms with van der Waals surface area (Å²) in [5, 5.41) is 2.49. The Bertz CT molecular complexity index is 1160. The highest BCUT2D eigenvalue weighted by Gasteiger charge is 2.16. The van der Waals surface area contributed by atoms with Gasteiger partial charge in [-0.25, -0.2) is 9.18 Å². The summed E-state index contributed by atoms with van der Waals surface area (Å²) >= 11 is 3.29. The van der Waals surface area contributed by atoms with Crippen molar-refractivity contribution in [3.05, 3.63) is 88.6 Å². The molecule has 0 radical (unpaired) electrons. The number of Topliss-reactive ketones (excluding diaryl/α,β-unsaturated/α-hetero) is 1. The standard InChI is InChI=1S/C21H15BrFNO2.C5H11NO2/c22-16-9-4-8-15(12-16)19(25)13-20(26)24-18-11-5-10-17(21(18)23)14-6-2-1-3-7-14;1-5(2,3)8-4(6)7/h1-12H,13H2,(H,24,26);1-3H3,(H2,6,7). The van der Waals surface area contributed by atoms with Crippen LogP contribution in [-0.4, -0.2) is 23.4 Å². The third kappa shape index (κ3) is 8.78. The quantitative estimate of drug-likeness (QED) is 0.297. The lowest BCUT2D eigenvalue weighted by atomic mass is 10.0. The molecule has 178 valence electrons. The summed E-state index contributed by atoms with van der Waals surface area (Å²) in [5.74, 6) is -1.41. The summed E-state index contributed by atoms with van der Waals surface area (Å²) < 4.78 is 20.1. The number of hydrogen-bond acceptors (Lipinski definition) is 4. The number of benzene rings is 3. The van der Waals surface area contributed by atoms with Gasteiger partial charge in [-0.1, -0.05) is 70.5 Å².